The van der Waals surface area contributed by atoms with Gasteiger partial charge in [0.05, 0.1) is 10.3 Å². The normalized spacial score (nSPS) is 10.7. The van der Waals surface area contributed by atoms with Crippen molar-refractivity contribution >= 4 is 22.4 Å². The molecule has 0 unspecified atom stereocenters. The molecule has 1 N–H and O–H groups in total. The minimum Gasteiger partial charge on any atom is -0.417 e. The van der Waals surface area contributed by atoms with Gasteiger partial charge in [0.15, 0.2) is 5.76 Å². The van der Waals surface area contributed by atoms with E-state index in [9.17, 15) is 24.1 Å². The van der Waals surface area contributed by atoms with E-state index in [4.69, 9.17) is 4.42 Å². The van der Waals surface area contributed by atoms with Crippen molar-refractivity contribution in [2.45, 2.75) is 6.42 Å². The first-order valence-corrected chi connectivity index (χ1v) is 7.69. The van der Waals surface area contributed by atoms with Gasteiger partial charge in [-0.25, -0.2) is 9.18 Å². The molecule has 3 aromatic rings. The Kier molecular flexibility index (Phi) is 4.74. The summed E-state index contributed by atoms with van der Waals surface area (Å²) in [7, 11) is 0. The van der Waals surface area contributed by atoms with Crippen LogP contribution in [-0.2, 0) is 6.42 Å². The number of hydrogen-bond donors (Lipinski definition) is 1. The summed E-state index contributed by atoms with van der Waals surface area (Å²) in [6, 6.07) is 11.1. The summed E-state index contributed by atoms with van der Waals surface area (Å²) in [5.41, 5.74) is -0.351. The Morgan fingerprint density at radius 3 is 2.73 bits per heavy atom. The van der Waals surface area contributed by atoms with Gasteiger partial charge >= 0.3 is 5.63 Å². The van der Waals surface area contributed by atoms with Gasteiger partial charge in [-0.3, -0.25) is 14.9 Å². The fraction of sp³-hybridized carbons (Fsp3) is 0.111. The molecular formula is C18H13FN2O5. The first kappa shape index (κ1) is 17.3. The smallest absolute Gasteiger partial charge is 0.344 e. The monoisotopic (exact) mass is 356 g/mol. The summed E-state index contributed by atoms with van der Waals surface area (Å²) in [6.07, 6.45) is 0.410. The molecule has 0 saturated carbocycles. The van der Waals surface area contributed by atoms with Gasteiger partial charge in [0.2, 0.25) is 0 Å². The summed E-state index contributed by atoms with van der Waals surface area (Å²) >= 11 is 0. The van der Waals surface area contributed by atoms with Crippen LogP contribution in [0.1, 0.15) is 16.1 Å². The fourth-order valence-electron chi connectivity index (χ4n) is 2.50. The number of halogens is 1. The summed E-state index contributed by atoms with van der Waals surface area (Å²) in [5.74, 6) is -1.15. The van der Waals surface area contributed by atoms with Crippen LogP contribution < -0.4 is 10.9 Å². The van der Waals surface area contributed by atoms with Crippen LogP contribution in [0.2, 0.25) is 0 Å². The van der Waals surface area contributed by atoms with Crippen molar-refractivity contribution in [1.82, 2.24) is 5.32 Å². The minimum atomic E-state index is -0.832. The number of hydrogen-bond acceptors (Lipinski definition) is 5. The number of fused-ring (bicyclic) bond motifs is 1. The second-order valence-corrected chi connectivity index (χ2v) is 5.56. The molecule has 0 aliphatic carbocycles. The van der Waals surface area contributed by atoms with Gasteiger partial charge < -0.3 is 9.73 Å². The highest BCUT2D eigenvalue weighted by molar-refractivity contribution is 5.95. The van der Waals surface area contributed by atoms with E-state index in [2.05, 4.69) is 5.32 Å². The third-order valence-electron chi connectivity index (χ3n) is 3.77. The molecule has 0 fully saturated rings. The highest BCUT2D eigenvalue weighted by atomic mass is 19.1. The van der Waals surface area contributed by atoms with Gasteiger partial charge in [-0.2, -0.15) is 0 Å². The van der Waals surface area contributed by atoms with Crippen LogP contribution in [-0.4, -0.2) is 17.4 Å². The lowest BCUT2D eigenvalue weighted by atomic mass is 10.1. The zero-order valence-corrected chi connectivity index (χ0v) is 13.4. The number of carbonyl (C=O) groups is 1. The van der Waals surface area contributed by atoms with E-state index in [1.807, 2.05) is 0 Å². The number of nitrogens with zero attached hydrogens (tertiary/aromatic N) is 1. The van der Waals surface area contributed by atoms with Gasteiger partial charge in [-0.15, -0.1) is 0 Å². The van der Waals surface area contributed by atoms with Gasteiger partial charge in [-0.1, -0.05) is 12.1 Å². The quantitative estimate of drug-likeness (QED) is 0.559. The van der Waals surface area contributed by atoms with Crippen LogP contribution in [0.15, 0.2) is 57.7 Å². The van der Waals surface area contributed by atoms with Gasteiger partial charge in [0.1, 0.15) is 5.82 Å². The van der Waals surface area contributed by atoms with Crippen LogP contribution in [0.5, 0.6) is 0 Å². The van der Waals surface area contributed by atoms with Gasteiger partial charge in [0, 0.05) is 18.7 Å². The fourth-order valence-corrected chi connectivity index (χ4v) is 2.50. The molecule has 0 aliphatic heterocycles. The van der Waals surface area contributed by atoms with Crippen LogP contribution in [0.3, 0.4) is 0 Å². The van der Waals surface area contributed by atoms with Gasteiger partial charge in [0.25, 0.3) is 11.6 Å². The zero-order chi connectivity index (χ0) is 18.7. The van der Waals surface area contributed by atoms with E-state index >= 15 is 0 Å². The molecule has 0 bridgehead atoms. The Balaban J connectivity index is 1.75. The number of nitro benzene ring substituents is 1. The minimum absolute atomic E-state index is 0.0236. The number of carbonyl (C=O) groups excluding carboxylic acids is 1. The summed E-state index contributed by atoms with van der Waals surface area (Å²) in [6.45, 7) is 0.226. The number of nitro groups is 1. The lowest BCUT2D eigenvalue weighted by Gasteiger charge is -2.05. The first-order chi connectivity index (χ1) is 12.4. The number of non-ortho nitro benzene ring substituents is 1. The number of rotatable bonds is 5. The van der Waals surface area contributed by atoms with Crippen molar-refractivity contribution in [1.29, 1.82) is 0 Å². The van der Waals surface area contributed by atoms with Crippen molar-refractivity contribution in [2.24, 2.45) is 0 Å². The maximum absolute atomic E-state index is 13.1. The van der Waals surface area contributed by atoms with Crippen molar-refractivity contribution < 1.29 is 18.5 Å². The van der Waals surface area contributed by atoms with Crippen molar-refractivity contribution in [3.8, 4) is 0 Å². The van der Waals surface area contributed by atoms with E-state index in [0.717, 1.165) is 11.6 Å². The lowest BCUT2D eigenvalue weighted by molar-refractivity contribution is -0.384. The van der Waals surface area contributed by atoms with Crippen LogP contribution >= 0.6 is 0 Å². The average molecular weight is 356 g/mol. The first-order valence-electron chi connectivity index (χ1n) is 7.69. The maximum atomic E-state index is 13.1. The van der Waals surface area contributed by atoms with E-state index in [-0.39, 0.29) is 29.2 Å². The molecule has 3 rings (SSSR count). The molecule has 0 atom stereocenters. The highest BCUT2D eigenvalue weighted by Crippen LogP contribution is 2.19. The third kappa shape index (κ3) is 3.75. The molecule has 0 spiro atoms. The summed E-state index contributed by atoms with van der Waals surface area (Å²) in [4.78, 5) is 34.3. The Morgan fingerprint density at radius 1 is 1.19 bits per heavy atom. The summed E-state index contributed by atoms with van der Waals surface area (Å²) < 4.78 is 18.1. The van der Waals surface area contributed by atoms with Crippen molar-refractivity contribution in [3.63, 3.8) is 0 Å². The molecule has 1 aromatic heterocycles. The number of amides is 1. The molecule has 0 saturated heterocycles. The predicted octanol–water partition coefficient (Wildman–Crippen LogP) is 2.81. The average Bonchev–Trinajstić information content (AvgIpc) is 2.61. The lowest BCUT2D eigenvalue weighted by Crippen LogP contribution is -2.26. The topological polar surface area (TPSA) is 102 Å². The SMILES string of the molecule is O=C(NCCc1cccc(F)c1)c1cc2ccc([N+](=O)[O-])cc2c(=O)o1. The Morgan fingerprint density at radius 2 is 2.00 bits per heavy atom. The standard InChI is InChI=1S/C18H13FN2O5/c19-13-3-1-2-11(8-13)6-7-20-17(22)16-9-12-4-5-14(21(24)25)10-15(12)18(23)26-16/h1-5,8-10H,6-7H2,(H,20,22). The maximum Gasteiger partial charge on any atom is 0.344 e. The second-order valence-electron chi connectivity index (χ2n) is 5.56. The largest absolute Gasteiger partial charge is 0.417 e. The molecule has 26 heavy (non-hydrogen) atoms. The number of nitrogens with one attached hydrogen (secondary N) is 1. The number of benzene rings is 2. The zero-order valence-electron chi connectivity index (χ0n) is 13.4. The van der Waals surface area contributed by atoms with Crippen LogP contribution in [0.25, 0.3) is 10.8 Å². The second kappa shape index (κ2) is 7.14. The van der Waals surface area contributed by atoms with Crippen molar-refractivity contribution in [3.05, 3.63) is 86.2 Å². The molecular weight excluding hydrogens is 343 g/mol. The van der Waals surface area contributed by atoms with E-state index in [0.29, 0.717) is 11.8 Å². The van der Waals surface area contributed by atoms with Gasteiger partial charge in [-0.05, 0) is 41.6 Å². The molecule has 8 heteroatoms. The molecule has 0 aliphatic rings. The van der Waals surface area contributed by atoms with E-state index < -0.39 is 16.5 Å². The Labute approximate surface area is 146 Å². The summed E-state index contributed by atoms with van der Waals surface area (Å²) in [5, 5.41) is 13.7. The molecule has 132 valence electrons. The highest BCUT2D eigenvalue weighted by Gasteiger charge is 2.14. The molecule has 1 heterocycles. The van der Waals surface area contributed by atoms with E-state index in [1.54, 1.807) is 12.1 Å². The predicted molar refractivity (Wildman–Crippen MR) is 91.6 cm³/mol. The van der Waals surface area contributed by atoms with Crippen LogP contribution in [0.4, 0.5) is 10.1 Å². The molecule has 0 radical (unpaired) electrons. The Hall–Kier alpha value is -3.55. The molecule has 2 aromatic carbocycles. The van der Waals surface area contributed by atoms with E-state index in [1.165, 1.54) is 30.3 Å². The third-order valence-corrected chi connectivity index (χ3v) is 3.77. The van der Waals surface area contributed by atoms with Crippen molar-refractivity contribution in [2.75, 3.05) is 6.54 Å². The Bertz CT molecular complexity index is 1060. The molecule has 1 amide bonds. The van der Waals surface area contributed by atoms with Crippen LogP contribution in [0, 0.1) is 15.9 Å². The molecule has 7 nitrogen and oxygen atoms in total.